The number of guanidine groups is 1. The summed E-state index contributed by atoms with van der Waals surface area (Å²) in [6, 6.07) is 0.0228. The molecule has 2 N–H and O–H groups in total. The minimum atomic E-state index is -0.0284. The van der Waals surface area contributed by atoms with Crippen LogP contribution in [0.2, 0.25) is 0 Å². The van der Waals surface area contributed by atoms with Crippen molar-refractivity contribution in [1.82, 2.24) is 25.3 Å². The number of nitrogens with one attached hydrogen (secondary N) is 2. The number of hydrogen-bond acceptors (Lipinski definition) is 4. The van der Waals surface area contributed by atoms with Crippen LogP contribution in [-0.4, -0.2) is 99.4 Å². The fraction of sp³-hybridized carbons (Fsp3) is 0.824. The first-order valence-corrected chi connectivity index (χ1v) is 9.04. The molecule has 0 radical (unpaired) electrons. The van der Waals surface area contributed by atoms with Crippen molar-refractivity contribution in [2.45, 2.75) is 32.2 Å². The molecule has 1 aliphatic heterocycles. The smallest absolute Gasteiger partial charge is 0.243 e. The second-order valence-corrected chi connectivity index (χ2v) is 6.69. The lowest BCUT2D eigenvalue weighted by Crippen LogP contribution is -2.44. The molecule has 0 aliphatic carbocycles. The topological polar surface area (TPSA) is 80.3 Å². The van der Waals surface area contributed by atoms with Crippen LogP contribution in [0.3, 0.4) is 0 Å². The Kier molecular flexibility index (Phi) is 12.6. The number of carbonyl (C=O) groups is 2. The maximum absolute atomic E-state index is 12.2. The molecule has 1 fully saturated rings. The minimum Gasteiger partial charge on any atom is -0.357 e. The zero-order chi connectivity index (χ0) is 18.8. The number of halogens is 1. The van der Waals surface area contributed by atoms with Gasteiger partial charge in [-0.25, -0.2) is 4.99 Å². The molecule has 9 heteroatoms. The molecule has 1 unspecified atom stereocenters. The van der Waals surface area contributed by atoms with E-state index in [-0.39, 0.29) is 48.4 Å². The first-order valence-electron chi connectivity index (χ1n) is 9.04. The molecule has 0 spiro atoms. The van der Waals surface area contributed by atoms with Crippen molar-refractivity contribution >= 4 is 41.8 Å². The third-order valence-electron chi connectivity index (χ3n) is 4.22. The molecule has 2 amide bonds. The van der Waals surface area contributed by atoms with Crippen molar-refractivity contribution in [2.75, 3.05) is 60.9 Å². The molecular formula is C17H35IN6O2. The predicted molar refractivity (Wildman–Crippen MR) is 116 cm³/mol. The average molecular weight is 482 g/mol. The van der Waals surface area contributed by atoms with E-state index in [4.69, 9.17) is 0 Å². The van der Waals surface area contributed by atoms with Crippen LogP contribution in [0.4, 0.5) is 0 Å². The summed E-state index contributed by atoms with van der Waals surface area (Å²) in [4.78, 5) is 33.6. The van der Waals surface area contributed by atoms with Gasteiger partial charge in [0.15, 0.2) is 5.96 Å². The second kappa shape index (κ2) is 13.1. The van der Waals surface area contributed by atoms with Crippen LogP contribution in [0.15, 0.2) is 4.99 Å². The van der Waals surface area contributed by atoms with Crippen LogP contribution in [-0.2, 0) is 9.59 Å². The number of nitrogens with zero attached hydrogens (tertiary/aromatic N) is 4. The summed E-state index contributed by atoms with van der Waals surface area (Å²) >= 11 is 0. The molecule has 152 valence electrons. The van der Waals surface area contributed by atoms with Gasteiger partial charge in [0.1, 0.15) is 6.54 Å². The standard InChI is InChI=1S/C17H34N6O2.HI/c1-6-18-17(20-13-15(24)21(2)3)19-10-8-12-23-11-7-9-14(23)16(25)22(4)5;/h14H,6-13H2,1-5H3,(H2,18,19,20);1H. The van der Waals surface area contributed by atoms with Gasteiger partial charge in [-0.3, -0.25) is 14.5 Å². The van der Waals surface area contributed by atoms with Crippen LogP contribution >= 0.6 is 24.0 Å². The van der Waals surface area contributed by atoms with Gasteiger partial charge >= 0.3 is 0 Å². The van der Waals surface area contributed by atoms with Gasteiger partial charge in [-0.05, 0) is 32.7 Å². The van der Waals surface area contributed by atoms with Crippen LogP contribution in [0.25, 0.3) is 0 Å². The monoisotopic (exact) mass is 482 g/mol. The Morgan fingerprint density at radius 1 is 1.15 bits per heavy atom. The van der Waals surface area contributed by atoms with Gasteiger partial charge < -0.3 is 20.4 Å². The first kappa shape index (κ1) is 24.9. The highest BCUT2D eigenvalue weighted by Crippen LogP contribution is 2.18. The van der Waals surface area contributed by atoms with Crippen LogP contribution in [0.5, 0.6) is 0 Å². The quantitative estimate of drug-likeness (QED) is 0.224. The highest BCUT2D eigenvalue weighted by Gasteiger charge is 2.30. The maximum atomic E-state index is 12.2. The van der Waals surface area contributed by atoms with Gasteiger partial charge in [0.2, 0.25) is 11.8 Å². The lowest BCUT2D eigenvalue weighted by molar-refractivity contribution is -0.133. The zero-order valence-electron chi connectivity index (χ0n) is 16.7. The minimum absolute atomic E-state index is 0. The molecule has 8 nitrogen and oxygen atoms in total. The lowest BCUT2D eigenvalue weighted by atomic mass is 10.2. The van der Waals surface area contributed by atoms with Crippen molar-refractivity contribution in [1.29, 1.82) is 0 Å². The number of likely N-dealkylation sites (N-methyl/N-ethyl adjacent to an activating group) is 2. The van der Waals surface area contributed by atoms with Crippen LogP contribution in [0, 0.1) is 0 Å². The fourth-order valence-electron chi connectivity index (χ4n) is 2.79. The van der Waals surface area contributed by atoms with Crippen molar-refractivity contribution in [2.24, 2.45) is 4.99 Å². The van der Waals surface area contributed by atoms with Gasteiger partial charge in [0.05, 0.1) is 6.04 Å². The number of aliphatic imine (C=N–C) groups is 1. The Morgan fingerprint density at radius 2 is 1.85 bits per heavy atom. The Morgan fingerprint density at radius 3 is 2.42 bits per heavy atom. The van der Waals surface area contributed by atoms with E-state index < -0.39 is 0 Å². The molecule has 26 heavy (non-hydrogen) atoms. The molecular weight excluding hydrogens is 447 g/mol. The largest absolute Gasteiger partial charge is 0.357 e. The third kappa shape index (κ3) is 8.52. The van der Waals surface area contributed by atoms with E-state index in [1.165, 1.54) is 4.90 Å². The number of rotatable bonds is 8. The Balaban J connectivity index is 0.00000625. The number of carbonyl (C=O) groups excluding carboxylic acids is 2. The molecule has 0 aromatic rings. The average Bonchev–Trinajstić information content (AvgIpc) is 3.03. The molecule has 1 saturated heterocycles. The molecule has 0 bridgehead atoms. The highest BCUT2D eigenvalue weighted by atomic mass is 127. The Hall–Kier alpha value is -1.10. The highest BCUT2D eigenvalue weighted by molar-refractivity contribution is 14.0. The lowest BCUT2D eigenvalue weighted by Gasteiger charge is -2.26. The Labute approximate surface area is 174 Å². The summed E-state index contributed by atoms with van der Waals surface area (Å²) in [6.45, 7) is 5.48. The molecule has 1 rings (SSSR count). The Bertz CT molecular complexity index is 470. The summed E-state index contributed by atoms with van der Waals surface area (Å²) in [5.74, 6) is 0.821. The van der Waals surface area contributed by atoms with Crippen molar-refractivity contribution in [3.63, 3.8) is 0 Å². The summed E-state index contributed by atoms with van der Waals surface area (Å²) in [6.07, 6.45) is 2.94. The van der Waals surface area contributed by atoms with Crippen molar-refractivity contribution < 1.29 is 9.59 Å². The van der Waals surface area contributed by atoms with Crippen molar-refractivity contribution in [3.05, 3.63) is 0 Å². The van der Waals surface area contributed by atoms with E-state index in [1.807, 2.05) is 21.0 Å². The fourth-order valence-corrected chi connectivity index (χ4v) is 2.79. The SMILES string of the molecule is CCNC(=NCC(=O)N(C)C)NCCCN1CCCC1C(=O)N(C)C.I. The van der Waals surface area contributed by atoms with Crippen molar-refractivity contribution in [3.8, 4) is 0 Å². The molecule has 0 saturated carbocycles. The van der Waals surface area contributed by atoms with E-state index in [0.717, 1.165) is 45.4 Å². The summed E-state index contributed by atoms with van der Waals surface area (Å²) < 4.78 is 0. The van der Waals surface area contributed by atoms with Gasteiger partial charge in [-0.2, -0.15) is 0 Å². The number of hydrogen-bond donors (Lipinski definition) is 2. The van der Waals surface area contributed by atoms with E-state index in [2.05, 4.69) is 20.5 Å². The number of amides is 2. The van der Waals surface area contributed by atoms with Gasteiger partial charge in [0, 0.05) is 47.8 Å². The van der Waals surface area contributed by atoms with Crippen LogP contribution < -0.4 is 10.6 Å². The molecule has 0 aromatic carbocycles. The molecule has 0 aromatic heterocycles. The predicted octanol–water partition coefficient (Wildman–Crippen LogP) is 0.190. The molecule has 1 heterocycles. The summed E-state index contributed by atoms with van der Waals surface area (Å²) in [7, 11) is 7.07. The van der Waals surface area contributed by atoms with E-state index in [0.29, 0.717) is 5.96 Å². The molecule has 1 atom stereocenters. The maximum Gasteiger partial charge on any atom is 0.243 e. The van der Waals surface area contributed by atoms with Crippen LogP contribution in [0.1, 0.15) is 26.2 Å². The normalized spacial score (nSPS) is 17.4. The van der Waals surface area contributed by atoms with E-state index in [9.17, 15) is 9.59 Å². The third-order valence-corrected chi connectivity index (χ3v) is 4.22. The zero-order valence-corrected chi connectivity index (χ0v) is 19.1. The summed E-state index contributed by atoms with van der Waals surface area (Å²) in [5.41, 5.74) is 0. The van der Waals surface area contributed by atoms with Gasteiger partial charge in [-0.15, -0.1) is 24.0 Å². The summed E-state index contributed by atoms with van der Waals surface area (Å²) in [5, 5.41) is 6.39. The second-order valence-electron chi connectivity index (χ2n) is 6.69. The first-order chi connectivity index (χ1) is 11.9. The van der Waals surface area contributed by atoms with Gasteiger partial charge in [-0.1, -0.05) is 0 Å². The van der Waals surface area contributed by atoms with E-state index >= 15 is 0 Å². The number of likely N-dealkylation sites (tertiary alicyclic amines) is 1. The van der Waals surface area contributed by atoms with Gasteiger partial charge in [0.25, 0.3) is 0 Å². The molecule has 1 aliphatic rings. The van der Waals surface area contributed by atoms with E-state index in [1.54, 1.807) is 19.0 Å².